The molecule has 0 aliphatic rings. The Morgan fingerprint density at radius 2 is 2.33 bits per heavy atom. The Balaban J connectivity index is 2.06. The summed E-state index contributed by atoms with van der Waals surface area (Å²) in [6.07, 6.45) is 3.56. The monoisotopic (exact) mass is 245 g/mol. The molecular formula is C13H15N3O2. The van der Waals surface area contributed by atoms with Gasteiger partial charge in [-0.05, 0) is 31.2 Å². The number of ether oxygens (including phenoxy) is 1. The number of rotatable bonds is 5. The molecule has 1 amide bonds. The number of hydrogen-bond donors (Lipinski definition) is 1. The number of nitrogens with zero attached hydrogens (tertiary/aromatic N) is 2. The van der Waals surface area contributed by atoms with Gasteiger partial charge in [-0.2, -0.15) is 5.10 Å². The summed E-state index contributed by atoms with van der Waals surface area (Å²) in [7, 11) is 0. The molecule has 1 aromatic carbocycles. The van der Waals surface area contributed by atoms with Gasteiger partial charge >= 0.3 is 0 Å². The van der Waals surface area contributed by atoms with E-state index < -0.39 is 0 Å². The first-order valence-electron chi connectivity index (χ1n) is 5.77. The van der Waals surface area contributed by atoms with Crippen LogP contribution in [0.15, 0.2) is 42.7 Å². The van der Waals surface area contributed by atoms with Crippen LogP contribution in [0, 0.1) is 0 Å². The highest BCUT2D eigenvalue weighted by Gasteiger charge is 2.03. The average molecular weight is 245 g/mol. The molecule has 1 heterocycles. The molecule has 0 aliphatic heterocycles. The van der Waals surface area contributed by atoms with Crippen LogP contribution in [0.3, 0.4) is 0 Å². The fraction of sp³-hybridized carbons (Fsp3) is 0.231. The zero-order chi connectivity index (χ0) is 12.8. The quantitative estimate of drug-likeness (QED) is 0.874. The zero-order valence-electron chi connectivity index (χ0n) is 10.2. The van der Waals surface area contributed by atoms with Gasteiger partial charge in [-0.3, -0.25) is 4.79 Å². The summed E-state index contributed by atoms with van der Waals surface area (Å²) in [5, 5.41) is 6.91. The molecule has 0 spiro atoms. The zero-order valence-corrected chi connectivity index (χ0v) is 10.2. The second-order valence-corrected chi connectivity index (χ2v) is 3.69. The van der Waals surface area contributed by atoms with E-state index in [-0.39, 0.29) is 12.5 Å². The lowest BCUT2D eigenvalue weighted by Crippen LogP contribution is -2.18. The van der Waals surface area contributed by atoms with Gasteiger partial charge in [0.1, 0.15) is 6.61 Å². The van der Waals surface area contributed by atoms with Crippen molar-refractivity contribution in [2.45, 2.75) is 6.92 Å². The van der Waals surface area contributed by atoms with Gasteiger partial charge in [-0.1, -0.05) is 6.07 Å². The largest absolute Gasteiger partial charge is 0.372 e. The van der Waals surface area contributed by atoms with E-state index in [9.17, 15) is 4.79 Å². The number of aromatic nitrogens is 2. The summed E-state index contributed by atoms with van der Waals surface area (Å²) >= 11 is 0. The van der Waals surface area contributed by atoms with Crippen molar-refractivity contribution >= 4 is 11.6 Å². The van der Waals surface area contributed by atoms with Crippen LogP contribution in [0.25, 0.3) is 5.69 Å². The fourth-order valence-electron chi connectivity index (χ4n) is 1.54. The van der Waals surface area contributed by atoms with Gasteiger partial charge in [0.05, 0.1) is 5.69 Å². The predicted molar refractivity (Wildman–Crippen MR) is 68.7 cm³/mol. The Morgan fingerprint density at radius 3 is 3.06 bits per heavy atom. The maximum Gasteiger partial charge on any atom is 0.250 e. The Labute approximate surface area is 105 Å². The van der Waals surface area contributed by atoms with Crippen LogP contribution in [0.5, 0.6) is 0 Å². The molecule has 1 aromatic heterocycles. The Kier molecular flexibility index (Phi) is 4.09. The lowest BCUT2D eigenvalue weighted by Gasteiger charge is -2.07. The van der Waals surface area contributed by atoms with Crippen LogP contribution in [0.2, 0.25) is 0 Å². The average Bonchev–Trinajstić information content (AvgIpc) is 2.90. The van der Waals surface area contributed by atoms with Gasteiger partial charge in [0.2, 0.25) is 5.91 Å². The highest BCUT2D eigenvalue weighted by atomic mass is 16.5. The minimum Gasteiger partial charge on any atom is -0.372 e. The summed E-state index contributed by atoms with van der Waals surface area (Å²) in [6.45, 7) is 2.45. The van der Waals surface area contributed by atoms with Crippen LogP contribution >= 0.6 is 0 Å². The van der Waals surface area contributed by atoms with Crippen LogP contribution in [-0.4, -0.2) is 28.9 Å². The number of carbonyl (C=O) groups is 1. The molecular weight excluding hydrogens is 230 g/mol. The van der Waals surface area contributed by atoms with Gasteiger partial charge < -0.3 is 10.1 Å². The summed E-state index contributed by atoms with van der Waals surface area (Å²) in [5.41, 5.74) is 1.63. The van der Waals surface area contributed by atoms with E-state index in [1.54, 1.807) is 10.9 Å². The third-order valence-corrected chi connectivity index (χ3v) is 2.34. The van der Waals surface area contributed by atoms with E-state index in [4.69, 9.17) is 4.74 Å². The van der Waals surface area contributed by atoms with Crippen molar-refractivity contribution in [1.29, 1.82) is 0 Å². The van der Waals surface area contributed by atoms with Gasteiger partial charge in [0.25, 0.3) is 0 Å². The van der Waals surface area contributed by atoms with Crippen molar-refractivity contribution in [3.05, 3.63) is 42.7 Å². The number of benzene rings is 1. The molecule has 0 radical (unpaired) electrons. The SMILES string of the molecule is CCOCC(=O)Nc1cccc(-n2cccn2)c1. The predicted octanol–water partition coefficient (Wildman–Crippen LogP) is 1.85. The van der Waals surface area contributed by atoms with Gasteiger partial charge in [0.15, 0.2) is 0 Å². The Morgan fingerprint density at radius 1 is 1.44 bits per heavy atom. The van der Waals surface area contributed by atoms with Crippen LogP contribution in [0.1, 0.15) is 6.92 Å². The third kappa shape index (κ3) is 3.18. The smallest absolute Gasteiger partial charge is 0.250 e. The van der Waals surface area contributed by atoms with E-state index in [1.165, 1.54) is 0 Å². The molecule has 0 unspecified atom stereocenters. The van der Waals surface area contributed by atoms with Gasteiger partial charge in [-0.15, -0.1) is 0 Å². The molecule has 2 rings (SSSR count). The van der Waals surface area contributed by atoms with E-state index in [1.807, 2.05) is 43.5 Å². The van der Waals surface area contributed by atoms with Gasteiger partial charge in [0, 0.05) is 24.7 Å². The first-order chi connectivity index (χ1) is 8.79. The van der Waals surface area contributed by atoms with Crippen LogP contribution < -0.4 is 5.32 Å². The maximum absolute atomic E-state index is 11.5. The standard InChI is InChI=1S/C13H15N3O2/c1-2-18-10-13(17)15-11-5-3-6-12(9-11)16-8-4-7-14-16/h3-9H,2,10H2,1H3,(H,15,17). The highest BCUT2D eigenvalue weighted by Crippen LogP contribution is 2.13. The van der Waals surface area contributed by atoms with Crippen molar-refractivity contribution in [3.63, 3.8) is 0 Å². The van der Waals surface area contributed by atoms with E-state index >= 15 is 0 Å². The minimum atomic E-state index is -0.158. The molecule has 0 atom stereocenters. The molecule has 0 fully saturated rings. The Hall–Kier alpha value is -2.14. The van der Waals surface area contributed by atoms with Crippen molar-refractivity contribution in [1.82, 2.24) is 9.78 Å². The second kappa shape index (κ2) is 5.97. The molecule has 0 bridgehead atoms. The topological polar surface area (TPSA) is 56.1 Å². The maximum atomic E-state index is 11.5. The third-order valence-electron chi connectivity index (χ3n) is 2.34. The van der Waals surface area contributed by atoms with Crippen molar-refractivity contribution in [2.75, 3.05) is 18.5 Å². The number of nitrogens with one attached hydrogen (secondary N) is 1. The van der Waals surface area contributed by atoms with Gasteiger partial charge in [-0.25, -0.2) is 4.68 Å². The van der Waals surface area contributed by atoms with E-state index in [2.05, 4.69) is 10.4 Å². The normalized spacial score (nSPS) is 10.3. The number of hydrogen-bond acceptors (Lipinski definition) is 3. The number of amides is 1. The molecule has 2 aromatic rings. The molecule has 5 heteroatoms. The highest BCUT2D eigenvalue weighted by molar-refractivity contribution is 5.91. The first-order valence-corrected chi connectivity index (χ1v) is 5.77. The first kappa shape index (κ1) is 12.3. The molecule has 0 saturated heterocycles. The molecule has 1 N–H and O–H groups in total. The minimum absolute atomic E-state index is 0.0719. The van der Waals surface area contributed by atoms with Crippen molar-refractivity contribution in [3.8, 4) is 5.69 Å². The molecule has 18 heavy (non-hydrogen) atoms. The van der Waals surface area contributed by atoms with E-state index in [0.717, 1.165) is 11.4 Å². The summed E-state index contributed by atoms with van der Waals surface area (Å²) in [6, 6.07) is 9.33. The number of carbonyl (C=O) groups excluding carboxylic acids is 1. The van der Waals surface area contributed by atoms with Crippen molar-refractivity contribution < 1.29 is 9.53 Å². The van der Waals surface area contributed by atoms with Crippen LogP contribution in [-0.2, 0) is 9.53 Å². The lowest BCUT2D eigenvalue weighted by atomic mass is 10.3. The molecule has 5 nitrogen and oxygen atoms in total. The lowest BCUT2D eigenvalue weighted by molar-refractivity contribution is -0.120. The van der Waals surface area contributed by atoms with Crippen molar-refractivity contribution in [2.24, 2.45) is 0 Å². The molecule has 0 saturated carbocycles. The molecule has 0 aliphatic carbocycles. The summed E-state index contributed by atoms with van der Waals surface area (Å²) in [4.78, 5) is 11.5. The van der Waals surface area contributed by atoms with E-state index in [0.29, 0.717) is 6.61 Å². The summed E-state index contributed by atoms with van der Waals surface area (Å²) < 4.78 is 6.77. The fourth-order valence-corrected chi connectivity index (χ4v) is 1.54. The second-order valence-electron chi connectivity index (χ2n) is 3.69. The molecule has 94 valence electrons. The van der Waals surface area contributed by atoms with Crippen LogP contribution in [0.4, 0.5) is 5.69 Å². The summed E-state index contributed by atoms with van der Waals surface area (Å²) in [5.74, 6) is -0.158. The number of anilines is 1. The Bertz CT molecular complexity index is 509.